The van der Waals surface area contributed by atoms with Crippen molar-refractivity contribution in [3.05, 3.63) is 12.7 Å². The summed E-state index contributed by atoms with van der Waals surface area (Å²) in [6.45, 7) is 6.06. The highest BCUT2D eigenvalue weighted by molar-refractivity contribution is 5.77. The lowest BCUT2D eigenvalue weighted by molar-refractivity contribution is -0.133. The Labute approximate surface area is 61.0 Å². The third-order valence-electron chi connectivity index (χ3n) is 1.22. The molecule has 0 saturated heterocycles. The predicted molar refractivity (Wildman–Crippen MR) is 39.5 cm³/mol. The van der Waals surface area contributed by atoms with Gasteiger partial charge in [0.25, 0.3) is 0 Å². The number of rotatable bonds is 4. The van der Waals surface area contributed by atoms with Gasteiger partial charge in [-0.1, -0.05) is 6.08 Å². The fraction of sp³-hybridized carbons (Fsp3) is 0.571. The third kappa shape index (κ3) is 2.64. The van der Waals surface area contributed by atoms with Gasteiger partial charge in [0.05, 0.1) is 0 Å². The van der Waals surface area contributed by atoms with Crippen LogP contribution in [0.2, 0.25) is 0 Å². The van der Waals surface area contributed by atoms with Crippen molar-refractivity contribution in [1.29, 1.82) is 0 Å². The largest absolute Gasteiger partial charge is 0.387 e. The molecule has 0 spiro atoms. The third-order valence-corrected chi connectivity index (χ3v) is 1.22. The van der Waals surface area contributed by atoms with Crippen LogP contribution in [-0.4, -0.2) is 35.6 Å². The van der Waals surface area contributed by atoms with Crippen molar-refractivity contribution >= 4 is 5.91 Å². The lowest BCUT2D eigenvalue weighted by atomic mass is 10.4. The zero-order valence-electron chi connectivity index (χ0n) is 6.21. The molecule has 0 aromatic rings. The highest BCUT2D eigenvalue weighted by Crippen LogP contribution is 1.87. The molecule has 0 aliphatic carbocycles. The number of aliphatic hydroxyl groups is 1. The lowest BCUT2D eigenvalue weighted by Crippen LogP contribution is -2.32. The first-order valence-corrected chi connectivity index (χ1v) is 3.25. The van der Waals surface area contributed by atoms with Crippen molar-refractivity contribution in [2.75, 3.05) is 19.7 Å². The van der Waals surface area contributed by atoms with Crippen LogP contribution in [0, 0.1) is 0 Å². The molecule has 0 saturated carbocycles. The van der Waals surface area contributed by atoms with Gasteiger partial charge in [0.1, 0.15) is 6.61 Å². The summed E-state index contributed by atoms with van der Waals surface area (Å²) in [6, 6.07) is 0. The summed E-state index contributed by atoms with van der Waals surface area (Å²) in [5.74, 6) is -0.248. The molecular weight excluding hydrogens is 130 g/mol. The number of hydrogen-bond donors (Lipinski definition) is 1. The Kier molecular flexibility index (Phi) is 4.58. The van der Waals surface area contributed by atoms with Gasteiger partial charge < -0.3 is 10.0 Å². The maximum atomic E-state index is 10.8. The number of carbonyl (C=O) groups excluding carboxylic acids is 1. The van der Waals surface area contributed by atoms with Gasteiger partial charge in [0.15, 0.2) is 0 Å². The number of nitrogens with zero attached hydrogens (tertiary/aromatic N) is 1. The normalized spacial score (nSPS) is 9.00. The molecule has 0 fully saturated rings. The highest BCUT2D eigenvalue weighted by Gasteiger charge is 2.06. The minimum absolute atomic E-state index is 0.248. The zero-order chi connectivity index (χ0) is 7.98. The maximum absolute atomic E-state index is 10.8. The van der Waals surface area contributed by atoms with E-state index in [0.29, 0.717) is 13.1 Å². The van der Waals surface area contributed by atoms with E-state index in [0.717, 1.165) is 0 Å². The average molecular weight is 143 g/mol. The minimum Gasteiger partial charge on any atom is -0.387 e. The zero-order valence-corrected chi connectivity index (χ0v) is 6.21. The maximum Gasteiger partial charge on any atom is 0.248 e. The quantitative estimate of drug-likeness (QED) is 0.563. The smallest absolute Gasteiger partial charge is 0.248 e. The molecule has 0 aromatic heterocycles. The molecule has 1 amide bonds. The summed E-state index contributed by atoms with van der Waals surface area (Å²) >= 11 is 0. The Balaban J connectivity index is 3.79. The van der Waals surface area contributed by atoms with E-state index in [1.807, 2.05) is 6.92 Å². The van der Waals surface area contributed by atoms with Gasteiger partial charge >= 0.3 is 0 Å². The van der Waals surface area contributed by atoms with Crippen molar-refractivity contribution in [2.45, 2.75) is 6.92 Å². The van der Waals surface area contributed by atoms with E-state index in [-0.39, 0.29) is 5.91 Å². The van der Waals surface area contributed by atoms with Crippen LogP contribution in [0.15, 0.2) is 12.7 Å². The van der Waals surface area contributed by atoms with Crippen molar-refractivity contribution in [3.63, 3.8) is 0 Å². The van der Waals surface area contributed by atoms with Gasteiger partial charge in [-0.25, -0.2) is 0 Å². The van der Waals surface area contributed by atoms with Crippen LogP contribution < -0.4 is 0 Å². The molecule has 0 aliphatic rings. The van der Waals surface area contributed by atoms with E-state index in [9.17, 15) is 4.79 Å². The van der Waals surface area contributed by atoms with E-state index in [2.05, 4.69) is 6.58 Å². The first-order valence-electron chi connectivity index (χ1n) is 3.25. The number of hydrogen-bond acceptors (Lipinski definition) is 2. The Morgan fingerprint density at radius 2 is 2.40 bits per heavy atom. The van der Waals surface area contributed by atoms with Gasteiger partial charge in [-0.05, 0) is 6.92 Å². The van der Waals surface area contributed by atoms with Gasteiger partial charge in [-0.2, -0.15) is 0 Å². The number of amides is 1. The molecule has 0 radical (unpaired) electrons. The van der Waals surface area contributed by atoms with Gasteiger partial charge in [-0.15, -0.1) is 6.58 Å². The molecule has 0 aromatic carbocycles. The monoisotopic (exact) mass is 143 g/mol. The Morgan fingerprint density at radius 3 is 2.70 bits per heavy atom. The summed E-state index contributed by atoms with van der Waals surface area (Å²) in [6.07, 6.45) is 1.64. The molecule has 0 unspecified atom stereocenters. The fourth-order valence-electron chi connectivity index (χ4n) is 0.663. The van der Waals surface area contributed by atoms with Crippen molar-refractivity contribution < 1.29 is 9.90 Å². The standard InChI is InChI=1S/C7H13NO2/c1-3-5-8(4-2)7(10)6-9/h3,9H,1,4-6H2,2H3. The molecule has 0 rings (SSSR count). The number of aliphatic hydroxyl groups excluding tert-OH is 1. The summed E-state index contributed by atoms with van der Waals surface area (Å²) in [5, 5.41) is 8.44. The predicted octanol–water partition coefficient (Wildman–Crippen LogP) is 0.0132. The van der Waals surface area contributed by atoms with Crippen LogP contribution in [0.1, 0.15) is 6.92 Å². The van der Waals surface area contributed by atoms with Crippen LogP contribution in [-0.2, 0) is 4.79 Å². The summed E-state index contributed by atoms with van der Waals surface area (Å²) < 4.78 is 0. The van der Waals surface area contributed by atoms with E-state index in [4.69, 9.17) is 5.11 Å². The van der Waals surface area contributed by atoms with Crippen LogP contribution in [0.4, 0.5) is 0 Å². The Bertz CT molecular complexity index is 123. The average Bonchev–Trinajstić information content (AvgIpc) is 1.99. The number of likely N-dealkylation sites (N-methyl/N-ethyl adjacent to an activating group) is 1. The van der Waals surface area contributed by atoms with Gasteiger partial charge in [0, 0.05) is 13.1 Å². The second-order valence-electron chi connectivity index (χ2n) is 1.88. The molecule has 10 heavy (non-hydrogen) atoms. The van der Waals surface area contributed by atoms with E-state index in [1.165, 1.54) is 4.90 Å². The summed E-state index contributed by atoms with van der Waals surface area (Å²) in [4.78, 5) is 12.3. The van der Waals surface area contributed by atoms with Crippen LogP contribution >= 0.6 is 0 Å². The Morgan fingerprint density at radius 1 is 1.80 bits per heavy atom. The minimum atomic E-state index is -0.415. The second kappa shape index (κ2) is 4.99. The van der Waals surface area contributed by atoms with Gasteiger partial charge in [-0.3, -0.25) is 4.79 Å². The highest BCUT2D eigenvalue weighted by atomic mass is 16.3. The molecule has 3 nitrogen and oxygen atoms in total. The van der Waals surface area contributed by atoms with E-state index < -0.39 is 6.61 Å². The molecule has 3 heteroatoms. The summed E-state index contributed by atoms with van der Waals surface area (Å²) in [5.41, 5.74) is 0. The molecule has 1 N–H and O–H groups in total. The second-order valence-corrected chi connectivity index (χ2v) is 1.88. The van der Waals surface area contributed by atoms with Crippen LogP contribution in [0.25, 0.3) is 0 Å². The van der Waals surface area contributed by atoms with Crippen LogP contribution in [0.5, 0.6) is 0 Å². The SMILES string of the molecule is C=CCN(CC)C(=O)CO. The van der Waals surface area contributed by atoms with Crippen molar-refractivity contribution in [3.8, 4) is 0 Å². The van der Waals surface area contributed by atoms with E-state index >= 15 is 0 Å². The molecule has 0 heterocycles. The molecule has 0 bridgehead atoms. The molecule has 58 valence electrons. The fourth-order valence-corrected chi connectivity index (χ4v) is 0.663. The topological polar surface area (TPSA) is 40.5 Å². The van der Waals surface area contributed by atoms with Crippen molar-refractivity contribution in [2.24, 2.45) is 0 Å². The number of carbonyl (C=O) groups is 1. The first kappa shape index (κ1) is 9.17. The molecular formula is C7H13NO2. The van der Waals surface area contributed by atoms with Crippen LogP contribution in [0.3, 0.4) is 0 Å². The summed E-state index contributed by atoms with van der Waals surface area (Å²) in [7, 11) is 0. The van der Waals surface area contributed by atoms with E-state index in [1.54, 1.807) is 6.08 Å². The van der Waals surface area contributed by atoms with Gasteiger partial charge in [0.2, 0.25) is 5.91 Å². The molecule has 0 aliphatic heterocycles. The Hall–Kier alpha value is -0.830. The van der Waals surface area contributed by atoms with Crippen molar-refractivity contribution in [1.82, 2.24) is 4.90 Å². The lowest BCUT2D eigenvalue weighted by Gasteiger charge is -2.16. The molecule has 0 atom stereocenters. The first-order chi connectivity index (χ1) is 4.76.